The number of aromatic hydroxyl groups is 1. The number of aromatic nitrogens is 1. The fraction of sp³-hybridized carbons (Fsp3) is 0.375. The van der Waals surface area contributed by atoms with Gasteiger partial charge in [0.2, 0.25) is 0 Å². The fourth-order valence-corrected chi connectivity index (χ4v) is 1.10. The lowest BCUT2D eigenvalue weighted by atomic mass is 10.1. The zero-order valence-electron chi connectivity index (χ0n) is 7.24. The summed E-state index contributed by atoms with van der Waals surface area (Å²) in [5.41, 5.74) is 0.110. The van der Waals surface area contributed by atoms with Crippen molar-refractivity contribution in [3.63, 3.8) is 0 Å². The molecule has 1 rings (SSSR count). The van der Waals surface area contributed by atoms with E-state index in [-0.39, 0.29) is 24.0 Å². The Morgan fingerprint density at radius 3 is 2.85 bits per heavy atom. The van der Waals surface area contributed by atoms with Crippen molar-refractivity contribution in [2.24, 2.45) is 0 Å². The van der Waals surface area contributed by atoms with Crippen molar-refractivity contribution in [2.75, 3.05) is 13.7 Å². The molecule has 0 aliphatic carbocycles. The van der Waals surface area contributed by atoms with Crippen LogP contribution in [0, 0.1) is 0 Å². The number of hydrogen-bond donors (Lipinski definition) is 4. The first-order chi connectivity index (χ1) is 6.19. The molecule has 4 N–H and O–H groups in total. The van der Waals surface area contributed by atoms with Gasteiger partial charge in [-0.2, -0.15) is 0 Å². The van der Waals surface area contributed by atoms with Crippen LogP contribution >= 0.6 is 0 Å². The maximum absolute atomic E-state index is 10.7. The first kappa shape index (κ1) is 9.76. The molecule has 72 valence electrons. The van der Waals surface area contributed by atoms with Gasteiger partial charge >= 0.3 is 0 Å². The average molecular weight is 184 g/mol. The molecule has 5 nitrogen and oxygen atoms in total. The van der Waals surface area contributed by atoms with Crippen molar-refractivity contribution in [1.82, 2.24) is 10.3 Å². The second-order valence-electron chi connectivity index (χ2n) is 2.66. The number of nitrogens with one attached hydrogen (secondary N) is 2. The van der Waals surface area contributed by atoms with E-state index in [0.717, 1.165) is 6.07 Å². The van der Waals surface area contributed by atoms with Crippen molar-refractivity contribution >= 4 is 0 Å². The van der Waals surface area contributed by atoms with Crippen LogP contribution < -0.4 is 10.9 Å². The lowest BCUT2D eigenvalue weighted by Gasteiger charge is -2.13. The van der Waals surface area contributed by atoms with Crippen LogP contribution in [-0.4, -0.2) is 28.9 Å². The summed E-state index contributed by atoms with van der Waals surface area (Å²) in [4.78, 5) is 13.2. The van der Waals surface area contributed by atoms with Crippen LogP contribution in [0.25, 0.3) is 0 Å². The summed E-state index contributed by atoms with van der Waals surface area (Å²) in [6.45, 7) is -0.143. The van der Waals surface area contributed by atoms with E-state index < -0.39 is 0 Å². The van der Waals surface area contributed by atoms with E-state index in [1.54, 1.807) is 7.05 Å². The van der Waals surface area contributed by atoms with Crippen LogP contribution in [-0.2, 0) is 0 Å². The molecule has 0 fully saturated rings. The Hall–Kier alpha value is -1.33. The number of aliphatic hydroxyl groups is 1. The molecule has 1 atom stereocenters. The molecule has 0 saturated carbocycles. The molecule has 13 heavy (non-hydrogen) atoms. The minimum absolute atomic E-state index is 0.114. The number of aliphatic hydroxyl groups excluding tert-OH is 1. The summed E-state index contributed by atoms with van der Waals surface area (Å²) in [7, 11) is 1.66. The molecule has 1 aromatic rings. The van der Waals surface area contributed by atoms with E-state index in [9.17, 15) is 9.90 Å². The molecule has 1 aromatic heterocycles. The van der Waals surface area contributed by atoms with Crippen LogP contribution in [0.5, 0.6) is 5.75 Å². The number of hydrogen-bond acceptors (Lipinski definition) is 4. The SMILES string of the molecule is CN[C@H](CO)c1c[nH]c(=O)cc1O. The topological polar surface area (TPSA) is 85.4 Å². The van der Waals surface area contributed by atoms with Crippen molar-refractivity contribution < 1.29 is 10.2 Å². The molecule has 1 heterocycles. The Morgan fingerprint density at radius 2 is 2.38 bits per heavy atom. The summed E-state index contributed by atoms with van der Waals surface area (Å²) < 4.78 is 0. The normalized spacial score (nSPS) is 12.8. The number of pyridine rings is 1. The van der Waals surface area contributed by atoms with E-state index in [0.29, 0.717) is 5.56 Å². The van der Waals surface area contributed by atoms with Gasteiger partial charge in [0.15, 0.2) is 0 Å². The quantitative estimate of drug-likeness (QED) is 0.502. The van der Waals surface area contributed by atoms with Crippen LogP contribution in [0.1, 0.15) is 11.6 Å². The molecule has 0 amide bonds. The molecule has 0 aromatic carbocycles. The summed E-state index contributed by atoms with van der Waals surface area (Å²) in [5.74, 6) is -0.114. The summed E-state index contributed by atoms with van der Waals surface area (Å²) in [6, 6.07) is 0.715. The molecular formula is C8H12N2O3. The fourth-order valence-electron chi connectivity index (χ4n) is 1.10. The van der Waals surface area contributed by atoms with Gasteiger partial charge < -0.3 is 20.5 Å². The number of likely N-dealkylation sites (N-methyl/N-ethyl adjacent to an activating group) is 1. The first-order valence-corrected chi connectivity index (χ1v) is 3.88. The van der Waals surface area contributed by atoms with Crippen molar-refractivity contribution in [3.8, 4) is 5.75 Å². The number of rotatable bonds is 3. The predicted molar refractivity (Wildman–Crippen MR) is 47.6 cm³/mol. The van der Waals surface area contributed by atoms with Gasteiger partial charge in [-0.3, -0.25) is 4.79 Å². The standard InChI is InChI=1S/C8H12N2O3/c1-9-6(4-11)5-3-10-8(13)2-7(5)12/h2-3,6,9,11H,4H2,1H3,(H2,10,12,13)/t6-/m1/s1. The third-order valence-electron chi connectivity index (χ3n) is 1.84. The van der Waals surface area contributed by atoms with Crippen LogP contribution in [0.4, 0.5) is 0 Å². The van der Waals surface area contributed by atoms with Crippen molar-refractivity contribution in [2.45, 2.75) is 6.04 Å². The Balaban J connectivity index is 3.06. The molecule has 5 heteroatoms. The van der Waals surface area contributed by atoms with Crippen molar-refractivity contribution in [3.05, 3.63) is 28.2 Å². The molecule has 0 spiro atoms. The third-order valence-corrected chi connectivity index (χ3v) is 1.84. The third kappa shape index (κ3) is 2.07. The first-order valence-electron chi connectivity index (χ1n) is 3.88. The van der Waals surface area contributed by atoms with E-state index in [2.05, 4.69) is 10.3 Å². The van der Waals surface area contributed by atoms with Gasteiger partial charge in [-0.05, 0) is 7.05 Å². The van der Waals surface area contributed by atoms with Gasteiger partial charge in [0.05, 0.1) is 12.6 Å². The highest BCUT2D eigenvalue weighted by molar-refractivity contribution is 5.31. The second-order valence-corrected chi connectivity index (χ2v) is 2.66. The van der Waals surface area contributed by atoms with Gasteiger partial charge in [-0.1, -0.05) is 0 Å². The molecular weight excluding hydrogens is 172 g/mol. The van der Waals surface area contributed by atoms with Crippen molar-refractivity contribution in [1.29, 1.82) is 0 Å². The van der Waals surface area contributed by atoms with Crippen LogP contribution in [0.15, 0.2) is 17.1 Å². The monoisotopic (exact) mass is 184 g/mol. The average Bonchev–Trinajstić information content (AvgIpc) is 2.10. The lowest BCUT2D eigenvalue weighted by molar-refractivity contribution is 0.247. The maximum Gasteiger partial charge on any atom is 0.251 e. The minimum Gasteiger partial charge on any atom is -0.507 e. The van der Waals surface area contributed by atoms with E-state index in [1.165, 1.54) is 6.20 Å². The lowest BCUT2D eigenvalue weighted by Crippen LogP contribution is -2.21. The van der Waals surface area contributed by atoms with E-state index in [1.807, 2.05) is 0 Å². The van der Waals surface area contributed by atoms with Crippen LogP contribution in [0.2, 0.25) is 0 Å². The smallest absolute Gasteiger partial charge is 0.251 e. The van der Waals surface area contributed by atoms with Gasteiger partial charge in [0.1, 0.15) is 5.75 Å². The maximum atomic E-state index is 10.7. The van der Waals surface area contributed by atoms with E-state index >= 15 is 0 Å². The second kappa shape index (κ2) is 4.06. The summed E-state index contributed by atoms with van der Waals surface area (Å²) >= 11 is 0. The van der Waals surface area contributed by atoms with E-state index in [4.69, 9.17) is 5.11 Å². The van der Waals surface area contributed by atoms with Gasteiger partial charge in [0, 0.05) is 17.8 Å². The largest absolute Gasteiger partial charge is 0.507 e. The zero-order valence-corrected chi connectivity index (χ0v) is 7.24. The molecule has 0 unspecified atom stereocenters. The Bertz CT molecular complexity index is 330. The van der Waals surface area contributed by atoms with Gasteiger partial charge in [-0.25, -0.2) is 0 Å². The Labute approximate surface area is 75.0 Å². The molecule has 0 aliphatic heterocycles. The van der Waals surface area contributed by atoms with Gasteiger partial charge in [-0.15, -0.1) is 0 Å². The number of aromatic amines is 1. The zero-order chi connectivity index (χ0) is 9.84. The highest BCUT2D eigenvalue weighted by Crippen LogP contribution is 2.19. The Kier molecular flexibility index (Phi) is 3.05. The Morgan fingerprint density at radius 1 is 1.69 bits per heavy atom. The highest BCUT2D eigenvalue weighted by atomic mass is 16.3. The molecule has 0 aliphatic rings. The molecule has 0 saturated heterocycles. The van der Waals surface area contributed by atoms with Gasteiger partial charge in [0.25, 0.3) is 5.56 Å². The molecule has 0 radical (unpaired) electrons. The highest BCUT2D eigenvalue weighted by Gasteiger charge is 2.12. The molecule has 0 bridgehead atoms. The predicted octanol–water partition coefficient (Wildman–Crippen LogP) is -0.667. The summed E-state index contributed by atoms with van der Waals surface area (Å²) in [5, 5.41) is 21.1. The number of H-pyrrole nitrogens is 1. The summed E-state index contributed by atoms with van der Waals surface area (Å²) in [6.07, 6.45) is 1.38. The van der Waals surface area contributed by atoms with Crippen LogP contribution in [0.3, 0.4) is 0 Å². The minimum atomic E-state index is -0.367.